The van der Waals surface area contributed by atoms with Crippen LogP contribution in [-0.4, -0.2) is 24.8 Å². The summed E-state index contributed by atoms with van der Waals surface area (Å²) >= 11 is 25.2. The van der Waals surface area contributed by atoms with E-state index in [0.29, 0.717) is 68.2 Å². The molecule has 0 fully saturated rings. The fourth-order valence-corrected chi connectivity index (χ4v) is 37.9. The zero-order valence-electron chi connectivity index (χ0n) is 76.1. The van der Waals surface area contributed by atoms with Gasteiger partial charge in [0.1, 0.15) is 11.5 Å². The normalized spacial score (nSPS) is 15.8. The van der Waals surface area contributed by atoms with Crippen molar-refractivity contribution in [2.75, 3.05) is 13.2 Å². The number of benzene rings is 1. The number of unbranched alkanes of at least 4 members (excludes halogenated alkanes) is 14. The number of ether oxygens (including phenoxy) is 2. The van der Waals surface area contributed by atoms with Crippen molar-refractivity contribution < 1.29 is 19.1 Å². The lowest BCUT2D eigenvalue weighted by Crippen LogP contribution is -2.27. The van der Waals surface area contributed by atoms with Gasteiger partial charge in [0, 0.05) is 122 Å². The van der Waals surface area contributed by atoms with Crippen LogP contribution in [0.5, 0.6) is 11.5 Å². The maximum atomic E-state index is 15.0. The number of hydrogen-bond acceptors (Lipinski definition) is 20. The molecule has 8 nitrogen and oxygen atoms in total. The van der Waals surface area contributed by atoms with Crippen LogP contribution in [0.15, 0.2) is 130 Å². The number of allylic oxidation sites excluding steroid dienone is 6. The number of rotatable bonds is 42. The Hall–Kier alpha value is -8.08. The summed E-state index contributed by atoms with van der Waals surface area (Å²) in [5, 5.41) is 25.4. The first-order valence-electron chi connectivity index (χ1n) is 47.5. The van der Waals surface area contributed by atoms with Crippen LogP contribution in [0.25, 0.3) is 111 Å². The van der Waals surface area contributed by atoms with Crippen molar-refractivity contribution in [1.82, 2.24) is 0 Å². The Bertz CT molecular complexity index is 6650. The van der Waals surface area contributed by atoms with Gasteiger partial charge in [-0.15, -0.1) is 159 Å². The standard InChI is InChI=1S/C110H106N4O4S14/c1-11-19-25-29-35-65-39-43-87(121-65)109(88-44-40-66(122-88)36-30-26-20-12-2)75-55-72-76(56-71(75)99-95(109)105-85(129-99)57-83(131-105)101-79(117-61-63(17-7)33-23-15-5)53-69(125-101)51-73-91(77(59-111)113-9)93-103-81(47-49-119-103)127-107(93)97(73)115)110(89-45-41-67(123-89)37-31-27-21-13-3,90-46-42-68(124-90)38-32-28-22-14-4)96-100(72)130-86-58-84(132-106(86)96)102-80(118-62-64(18-8)34-24-16-6)54-70(126-102)52-74-92(78(60-112)114-10)94-104-82(48-50-120-104)128-108(94)98(74)116/h39-58,63-64H,11-38,61-62H2,1-8H3/b73-51-,74-52-,91-77-,92-78+. The van der Waals surface area contributed by atoms with Gasteiger partial charge < -0.3 is 9.47 Å². The van der Waals surface area contributed by atoms with E-state index in [4.69, 9.17) is 22.6 Å². The monoisotopic (exact) mass is 1990 g/mol. The highest BCUT2D eigenvalue weighted by Crippen LogP contribution is 2.71. The maximum absolute atomic E-state index is 15.0. The molecule has 14 heterocycles. The van der Waals surface area contributed by atoms with E-state index in [1.807, 2.05) is 126 Å². The van der Waals surface area contributed by atoms with Crippen LogP contribution >= 0.6 is 159 Å². The van der Waals surface area contributed by atoms with Gasteiger partial charge in [-0.05, 0) is 218 Å². The van der Waals surface area contributed by atoms with Crippen molar-refractivity contribution >= 4 is 231 Å². The molecule has 4 aliphatic rings. The van der Waals surface area contributed by atoms with Gasteiger partial charge in [0.2, 0.25) is 11.6 Å². The Kier molecular flexibility index (Phi) is 28.7. The van der Waals surface area contributed by atoms with E-state index in [0.717, 1.165) is 162 Å². The third kappa shape index (κ3) is 16.8. The number of hydrogen-bond donors (Lipinski definition) is 0. The predicted molar refractivity (Wildman–Crippen MR) is 577 cm³/mol. The molecule has 0 radical (unpaired) electrons. The average Bonchev–Trinajstić information content (AvgIpc) is 1.48. The minimum atomic E-state index is -0.725. The largest absolute Gasteiger partial charge is 0.492 e. The Morgan fingerprint density at radius 3 is 1.08 bits per heavy atom. The predicted octanol–water partition coefficient (Wildman–Crippen LogP) is 37.8. The van der Waals surface area contributed by atoms with Crippen molar-refractivity contribution in [3.05, 3.63) is 245 Å². The summed E-state index contributed by atoms with van der Waals surface area (Å²) in [6, 6.07) is 43.3. The quantitative estimate of drug-likeness (QED) is 0.0163. The van der Waals surface area contributed by atoms with E-state index >= 15 is 9.59 Å². The molecule has 4 aliphatic carbocycles. The van der Waals surface area contributed by atoms with Crippen molar-refractivity contribution in [3.63, 3.8) is 0 Å². The number of nitriles is 2. The second kappa shape index (κ2) is 40.7. The van der Waals surface area contributed by atoms with Crippen LogP contribution in [0.1, 0.15) is 311 Å². The fraction of sp³-hybridized carbons (Fsp3) is 0.382. The fourth-order valence-electron chi connectivity index (χ4n) is 20.1. The number of fused-ring (bicyclic) bond motifs is 16. The lowest BCUT2D eigenvalue weighted by molar-refractivity contribution is 0.103. The summed E-state index contributed by atoms with van der Waals surface area (Å²) in [4.78, 5) is 58.6. The number of nitrogens with zero attached hydrogens (tertiary/aromatic N) is 4. The molecule has 0 spiro atoms. The molecule has 14 aromatic heterocycles. The second-order valence-electron chi connectivity index (χ2n) is 35.6. The lowest BCUT2D eigenvalue weighted by Gasteiger charge is -2.32. The number of carbonyl (C=O) groups excluding carboxylic acids is 2. The van der Waals surface area contributed by atoms with E-state index in [-0.39, 0.29) is 23.0 Å². The molecule has 0 bridgehead atoms. The smallest absolute Gasteiger partial charge is 0.270 e. The first kappa shape index (κ1) is 93.0. The zero-order chi connectivity index (χ0) is 91.1. The molecule has 19 rings (SSSR count). The SMILES string of the molecule is [C-]#[N+]/C(C#N)=C1/C(=C/c2cc(OCC(CC)CCCC)c(-c3cc4sc5c(c4s3)C(c3ccc(CCCCCC)s3)(c3ccc(CCCCCC)s3)c3cc4c(cc3-5)C(c3ccc(CCCCCC)s3)(c3ccc(CCCCCC)s3)c3c-4sc4cc(-c5sc(/C=C6\C(=O)c7sc8ccsc8c7\C6=C(/C#N)[N+]#[C-])cc5OCC(CC)CCCC)sc34)s2)C(=O)c2sc3ccsc3c21. The van der Waals surface area contributed by atoms with Gasteiger partial charge in [0.15, 0.2) is 0 Å². The lowest BCUT2D eigenvalue weighted by atomic mass is 9.73. The Morgan fingerprint density at radius 2 is 0.750 bits per heavy atom. The summed E-state index contributed by atoms with van der Waals surface area (Å²) in [6.45, 7) is 36.1. The Balaban J connectivity index is 0.844. The van der Waals surface area contributed by atoms with Crippen LogP contribution in [0, 0.1) is 47.6 Å². The Labute approximate surface area is 832 Å². The van der Waals surface area contributed by atoms with Crippen molar-refractivity contribution in [3.8, 4) is 64.0 Å². The second-order valence-corrected chi connectivity index (χ2v) is 50.6. The van der Waals surface area contributed by atoms with E-state index in [1.165, 1.54) is 201 Å². The summed E-state index contributed by atoms with van der Waals surface area (Å²) in [5.74, 6) is 2.01. The third-order valence-electron chi connectivity index (χ3n) is 27.1. The molecular formula is C110H106N4O4S14. The van der Waals surface area contributed by atoms with Crippen LogP contribution in [0.3, 0.4) is 0 Å². The number of thiophene rings is 14. The third-order valence-corrected chi connectivity index (χ3v) is 44.0. The highest BCUT2D eigenvalue weighted by atomic mass is 32.2. The van der Waals surface area contributed by atoms with Crippen LogP contribution in [0.4, 0.5) is 0 Å². The molecule has 22 heteroatoms. The van der Waals surface area contributed by atoms with Crippen LogP contribution in [0.2, 0.25) is 0 Å². The molecule has 1 aromatic carbocycles. The molecule has 0 N–H and O–H groups in total. The van der Waals surface area contributed by atoms with E-state index in [2.05, 4.69) is 162 Å². The Morgan fingerprint density at radius 1 is 0.394 bits per heavy atom. The van der Waals surface area contributed by atoms with Gasteiger partial charge in [-0.2, -0.15) is 0 Å². The molecule has 2 unspecified atom stereocenters. The molecule has 0 saturated heterocycles. The number of carbonyl (C=O) groups is 2. The molecule has 15 aromatic rings. The van der Waals surface area contributed by atoms with Crippen molar-refractivity contribution in [2.24, 2.45) is 11.8 Å². The van der Waals surface area contributed by atoms with Gasteiger partial charge in [0.25, 0.3) is 11.4 Å². The van der Waals surface area contributed by atoms with Crippen LogP contribution < -0.4 is 9.47 Å². The van der Waals surface area contributed by atoms with Gasteiger partial charge in [0.05, 0.1) is 97.4 Å². The minimum absolute atomic E-state index is 0.0688. The first-order valence-corrected chi connectivity index (χ1v) is 59.1. The number of ketones is 2. The summed E-state index contributed by atoms with van der Waals surface area (Å²) < 4.78 is 23.4. The number of aryl methyl sites for hydroxylation is 4. The maximum Gasteiger partial charge on any atom is 0.270 e. The summed E-state index contributed by atoms with van der Waals surface area (Å²) in [5.41, 5.74) is 9.56. The molecule has 132 heavy (non-hydrogen) atoms. The minimum Gasteiger partial charge on any atom is -0.492 e. The highest BCUT2D eigenvalue weighted by Gasteiger charge is 2.57. The van der Waals surface area contributed by atoms with E-state index in [1.54, 1.807) is 45.3 Å². The van der Waals surface area contributed by atoms with Gasteiger partial charge in [-0.25, -0.2) is 20.2 Å². The number of Topliss-reactive ketones (excluding diaryl/α,β-unsaturated/α-hetero) is 2. The summed E-state index contributed by atoms with van der Waals surface area (Å²) in [6.07, 6.45) is 35.6. The summed E-state index contributed by atoms with van der Waals surface area (Å²) in [7, 11) is 0. The zero-order valence-corrected chi connectivity index (χ0v) is 87.5. The van der Waals surface area contributed by atoms with E-state index in [9.17, 15) is 10.5 Å². The van der Waals surface area contributed by atoms with Crippen molar-refractivity contribution in [1.29, 1.82) is 10.5 Å². The van der Waals surface area contributed by atoms with Crippen molar-refractivity contribution in [2.45, 2.75) is 246 Å². The van der Waals surface area contributed by atoms with Gasteiger partial charge in [-0.1, -0.05) is 171 Å². The highest BCUT2D eigenvalue weighted by molar-refractivity contribution is 7.34. The molecule has 0 amide bonds. The molecular weight excluding hydrogens is 1890 g/mol. The van der Waals surface area contributed by atoms with Crippen LogP contribution in [-0.2, 0) is 36.5 Å². The molecule has 674 valence electrons. The molecule has 2 atom stereocenters. The topological polar surface area (TPSA) is 109 Å². The van der Waals surface area contributed by atoms with E-state index < -0.39 is 10.8 Å². The average molecular weight is 2000 g/mol. The van der Waals surface area contributed by atoms with Gasteiger partial charge >= 0.3 is 0 Å². The first-order chi connectivity index (χ1) is 64.7. The van der Waals surface area contributed by atoms with Gasteiger partial charge in [-0.3, -0.25) is 9.59 Å². The molecule has 0 aliphatic heterocycles. The molecule has 0 saturated carbocycles.